The Hall–Kier alpha value is -0.670. The molecule has 1 fully saturated rings. The summed E-state index contributed by atoms with van der Waals surface area (Å²) < 4.78 is 35.2. The van der Waals surface area contributed by atoms with Gasteiger partial charge >= 0.3 is 0 Å². The number of benzene rings is 1. The zero-order valence-electron chi connectivity index (χ0n) is 10.8. The number of nitrogens with zero attached hydrogens (tertiary/aromatic N) is 2. The monoisotopic (exact) mass is 366 g/mol. The van der Waals surface area contributed by atoms with Gasteiger partial charge in [-0.3, -0.25) is 4.72 Å². The Balaban J connectivity index is 1.92. The number of anilines is 1. The second-order valence-corrected chi connectivity index (χ2v) is 7.96. The summed E-state index contributed by atoms with van der Waals surface area (Å²) >= 11 is 13.1. The number of rotatable bonds is 4. The van der Waals surface area contributed by atoms with Crippen molar-refractivity contribution < 1.29 is 8.42 Å². The quantitative estimate of drug-likeness (QED) is 0.868. The van der Waals surface area contributed by atoms with Gasteiger partial charge in [0.1, 0.15) is 11.0 Å². The van der Waals surface area contributed by atoms with Gasteiger partial charge in [0.05, 0.1) is 33.2 Å². The Bertz CT molecular complexity index is 772. The van der Waals surface area contributed by atoms with Crippen LogP contribution < -0.4 is 10.0 Å². The standard InChI is InChI=1S/C11H12Cl2N4O2S2/c12-7-4-8(13)10(11-9(7)15-20-16-11)17-21(18,19)5-6-2-1-3-14-6/h4,6,14,17H,1-3,5H2. The van der Waals surface area contributed by atoms with Gasteiger partial charge in [-0.2, -0.15) is 8.75 Å². The molecule has 2 aromatic rings. The molecule has 1 aliphatic rings. The van der Waals surface area contributed by atoms with Crippen LogP contribution in [0.25, 0.3) is 11.0 Å². The fourth-order valence-electron chi connectivity index (χ4n) is 2.33. The highest BCUT2D eigenvalue weighted by Crippen LogP contribution is 2.35. The van der Waals surface area contributed by atoms with Crippen LogP contribution in [0.3, 0.4) is 0 Å². The van der Waals surface area contributed by atoms with E-state index in [1.54, 1.807) is 0 Å². The summed E-state index contributed by atoms with van der Waals surface area (Å²) in [5, 5.41) is 3.72. The fourth-order valence-corrected chi connectivity index (χ4v) is 4.96. The summed E-state index contributed by atoms with van der Waals surface area (Å²) in [6, 6.07) is 1.44. The van der Waals surface area contributed by atoms with Crippen LogP contribution in [0.1, 0.15) is 12.8 Å². The fraction of sp³-hybridized carbons (Fsp3) is 0.455. The highest BCUT2D eigenvalue weighted by molar-refractivity contribution is 7.92. The lowest BCUT2D eigenvalue weighted by molar-refractivity contribution is 0.582. The molecule has 114 valence electrons. The first-order chi connectivity index (χ1) is 9.96. The smallest absolute Gasteiger partial charge is 0.234 e. The van der Waals surface area contributed by atoms with Gasteiger partial charge in [0.25, 0.3) is 0 Å². The van der Waals surface area contributed by atoms with E-state index in [0.717, 1.165) is 31.1 Å². The van der Waals surface area contributed by atoms with Gasteiger partial charge in [-0.1, -0.05) is 23.2 Å². The Morgan fingerprint density at radius 2 is 2.10 bits per heavy atom. The average Bonchev–Trinajstić information content (AvgIpc) is 3.04. The first-order valence-corrected chi connectivity index (χ1v) is 9.44. The van der Waals surface area contributed by atoms with Crippen molar-refractivity contribution in [3.8, 4) is 0 Å². The number of hydrogen-bond donors (Lipinski definition) is 2. The van der Waals surface area contributed by atoms with Crippen molar-refractivity contribution in [3.63, 3.8) is 0 Å². The van der Waals surface area contributed by atoms with Gasteiger partial charge in [0, 0.05) is 6.04 Å². The minimum absolute atomic E-state index is 0.00497. The first-order valence-electron chi connectivity index (χ1n) is 6.30. The maximum atomic E-state index is 12.3. The van der Waals surface area contributed by atoms with Gasteiger partial charge in [-0.05, 0) is 25.5 Å². The second-order valence-electron chi connectivity index (χ2n) is 4.85. The molecule has 0 spiro atoms. The zero-order chi connectivity index (χ0) is 15.0. The maximum Gasteiger partial charge on any atom is 0.234 e. The molecular weight excluding hydrogens is 355 g/mol. The molecule has 3 rings (SSSR count). The molecule has 1 aromatic carbocycles. The number of sulfonamides is 1. The molecule has 1 atom stereocenters. The van der Waals surface area contributed by atoms with E-state index in [2.05, 4.69) is 18.8 Å². The molecule has 2 heterocycles. The van der Waals surface area contributed by atoms with E-state index in [9.17, 15) is 8.42 Å². The highest BCUT2D eigenvalue weighted by Gasteiger charge is 2.24. The van der Waals surface area contributed by atoms with Crippen molar-refractivity contribution >= 4 is 61.7 Å². The molecular formula is C11H12Cl2N4O2S2. The predicted octanol–water partition coefficient (Wildman–Crippen LogP) is 2.49. The van der Waals surface area contributed by atoms with E-state index in [4.69, 9.17) is 23.2 Å². The van der Waals surface area contributed by atoms with Crippen LogP contribution in [0.15, 0.2) is 6.07 Å². The minimum Gasteiger partial charge on any atom is -0.313 e. The molecule has 1 saturated heterocycles. The lowest BCUT2D eigenvalue weighted by atomic mass is 10.3. The molecule has 0 amide bonds. The molecule has 0 bridgehead atoms. The SMILES string of the molecule is O=S(=O)(CC1CCCN1)Nc1c(Cl)cc(Cl)c2nsnc12. The van der Waals surface area contributed by atoms with E-state index in [1.165, 1.54) is 6.07 Å². The molecule has 0 radical (unpaired) electrons. The van der Waals surface area contributed by atoms with Crippen molar-refractivity contribution in [1.29, 1.82) is 0 Å². The van der Waals surface area contributed by atoms with E-state index in [0.29, 0.717) is 16.1 Å². The topological polar surface area (TPSA) is 84.0 Å². The van der Waals surface area contributed by atoms with E-state index in [-0.39, 0.29) is 22.5 Å². The minimum atomic E-state index is -3.53. The number of halogens is 2. The lowest BCUT2D eigenvalue weighted by Crippen LogP contribution is -2.32. The summed E-state index contributed by atoms with van der Waals surface area (Å²) in [6.45, 7) is 0.849. The van der Waals surface area contributed by atoms with Gasteiger partial charge in [-0.25, -0.2) is 8.42 Å². The lowest BCUT2D eigenvalue weighted by Gasteiger charge is -2.14. The molecule has 21 heavy (non-hydrogen) atoms. The number of nitrogens with one attached hydrogen (secondary N) is 2. The van der Waals surface area contributed by atoms with Crippen LogP contribution in [-0.2, 0) is 10.0 Å². The van der Waals surface area contributed by atoms with Gasteiger partial charge in [-0.15, -0.1) is 0 Å². The largest absolute Gasteiger partial charge is 0.313 e. The van der Waals surface area contributed by atoms with Crippen molar-refractivity contribution in [2.75, 3.05) is 17.0 Å². The number of fused-ring (bicyclic) bond motifs is 1. The van der Waals surface area contributed by atoms with Gasteiger partial charge in [0.15, 0.2) is 0 Å². The van der Waals surface area contributed by atoms with Crippen LogP contribution >= 0.6 is 34.9 Å². The van der Waals surface area contributed by atoms with Crippen LogP contribution in [0.2, 0.25) is 10.0 Å². The molecule has 0 saturated carbocycles. The normalized spacial score (nSPS) is 19.2. The number of hydrogen-bond acceptors (Lipinski definition) is 6. The second kappa shape index (κ2) is 5.85. The van der Waals surface area contributed by atoms with Gasteiger partial charge in [0.2, 0.25) is 10.0 Å². The number of aromatic nitrogens is 2. The molecule has 6 nitrogen and oxygen atoms in total. The van der Waals surface area contributed by atoms with E-state index in [1.807, 2.05) is 0 Å². The molecule has 1 aliphatic heterocycles. The van der Waals surface area contributed by atoms with Crippen molar-refractivity contribution in [2.24, 2.45) is 0 Å². The third-order valence-electron chi connectivity index (χ3n) is 3.28. The van der Waals surface area contributed by atoms with E-state index >= 15 is 0 Å². The van der Waals surface area contributed by atoms with Crippen molar-refractivity contribution in [1.82, 2.24) is 14.1 Å². The Kier molecular flexibility index (Phi) is 4.24. The highest BCUT2D eigenvalue weighted by atomic mass is 35.5. The van der Waals surface area contributed by atoms with Crippen LogP contribution in [-0.4, -0.2) is 35.5 Å². The van der Waals surface area contributed by atoms with Crippen LogP contribution in [0, 0.1) is 0 Å². The predicted molar refractivity (Wildman–Crippen MR) is 85.9 cm³/mol. The third-order valence-corrected chi connectivity index (χ3v) is 5.76. The van der Waals surface area contributed by atoms with E-state index < -0.39 is 10.0 Å². The van der Waals surface area contributed by atoms with Gasteiger partial charge < -0.3 is 5.32 Å². The molecule has 1 unspecified atom stereocenters. The summed E-state index contributed by atoms with van der Waals surface area (Å²) in [5.74, 6) is 0.00497. The summed E-state index contributed by atoms with van der Waals surface area (Å²) in [6.07, 6.45) is 1.84. The third kappa shape index (κ3) is 3.24. The molecule has 1 aromatic heterocycles. The Morgan fingerprint density at radius 1 is 1.33 bits per heavy atom. The van der Waals surface area contributed by atoms with Crippen molar-refractivity contribution in [2.45, 2.75) is 18.9 Å². The van der Waals surface area contributed by atoms with Crippen LogP contribution in [0.5, 0.6) is 0 Å². The molecule has 10 heteroatoms. The zero-order valence-corrected chi connectivity index (χ0v) is 13.9. The van der Waals surface area contributed by atoms with Crippen molar-refractivity contribution in [3.05, 3.63) is 16.1 Å². The molecule has 0 aliphatic carbocycles. The summed E-state index contributed by atoms with van der Waals surface area (Å²) in [4.78, 5) is 0. The van der Waals surface area contributed by atoms with Crippen LogP contribution in [0.4, 0.5) is 5.69 Å². The first kappa shape index (κ1) is 15.2. The average molecular weight is 367 g/mol. The summed E-state index contributed by atoms with van der Waals surface area (Å²) in [5.41, 5.74) is 1.06. The molecule has 2 N–H and O–H groups in total. The summed E-state index contributed by atoms with van der Waals surface area (Å²) in [7, 11) is -3.53. The Labute approximate surface area is 136 Å². The maximum absolute atomic E-state index is 12.3. The Morgan fingerprint density at radius 3 is 2.81 bits per heavy atom.